The van der Waals surface area contributed by atoms with Crippen LogP contribution in [0, 0.1) is 6.92 Å². The number of anilines is 2. The molecule has 0 saturated carbocycles. The van der Waals surface area contributed by atoms with Gasteiger partial charge in [0.15, 0.2) is 11.5 Å². The highest BCUT2D eigenvalue weighted by Gasteiger charge is 2.14. The van der Waals surface area contributed by atoms with Crippen molar-refractivity contribution in [3.63, 3.8) is 0 Å². The molecule has 0 radical (unpaired) electrons. The van der Waals surface area contributed by atoms with Crippen molar-refractivity contribution in [1.82, 2.24) is 10.3 Å². The Balaban J connectivity index is 2.25. The summed E-state index contributed by atoms with van der Waals surface area (Å²) in [6, 6.07) is 7.64. The molecule has 0 saturated heterocycles. The summed E-state index contributed by atoms with van der Waals surface area (Å²) in [4.78, 5) is 0. The van der Waals surface area contributed by atoms with Gasteiger partial charge in [-0.1, -0.05) is 22.9 Å². The van der Waals surface area contributed by atoms with Crippen LogP contribution in [0.2, 0.25) is 0 Å². The lowest BCUT2D eigenvalue weighted by atomic mass is 10.2. The quantitative estimate of drug-likeness (QED) is 0.318. The van der Waals surface area contributed by atoms with Crippen LogP contribution in [-0.2, 0) is 0 Å². The number of nitrogens with two attached hydrogens (primary N) is 1. The van der Waals surface area contributed by atoms with Crippen molar-refractivity contribution in [2.75, 3.05) is 5.32 Å². The maximum absolute atomic E-state index is 8.56. The minimum absolute atomic E-state index is 0.160. The highest BCUT2D eigenvalue weighted by Crippen LogP contribution is 2.17. The van der Waals surface area contributed by atoms with Crippen LogP contribution in [0.5, 0.6) is 0 Å². The Morgan fingerprint density at radius 2 is 2.06 bits per heavy atom. The lowest BCUT2D eigenvalue weighted by Crippen LogP contribution is -2.15. The van der Waals surface area contributed by atoms with Crippen molar-refractivity contribution < 1.29 is 9.84 Å². The van der Waals surface area contributed by atoms with E-state index >= 15 is 0 Å². The zero-order valence-electron chi connectivity index (χ0n) is 9.08. The van der Waals surface area contributed by atoms with Crippen LogP contribution in [0.25, 0.3) is 0 Å². The predicted molar refractivity (Wildman–Crippen MR) is 61.3 cm³/mol. The summed E-state index contributed by atoms with van der Waals surface area (Å²) >= 11 is 0. The third kappa shape index (κ3) is 2.33. The summed E-state index contributed by atoms with van der Waals surface area (Å²) in [5.41, 5.74) is 7.52. The number of rotatable bonds is 3. The number of hydrogen-bond acceptors (Lipinski definition) is 6. The van der Waals surface area contributed by atoms with Crippen LogP contribution < -0.4 is 11.1 Å². The fourth-order valence-electron chi connectivity index (χ4n) is 1.26. The second-order valence-electron chi connectivity index (χ2n) is 3.44. The summed E-state index contributed by atoms with van der Waals surface area (Å²) in [6.45, 7) is 1.99. The first-order valence-corrected chi connectivity index (χ1v) is 4.85. The average molecular weight is 233 g/mol. The van der Waals surface area contributed by atoms with E-state index in [1.54, 1.807) is 0 Å². The second-order valence-corrected chi connectivity index (χ2v) is 3.44. The molecule has 1 aromatic heterocycles. The van der Waals surface area contributed by atoms with Crippen molar-refractivity contribution in [2.24, 2.45) is 10.9 Å². The van der Waals surface area contributed by atoms with E-state index in [0.29, 0.717) is 5.82 Å². The van der Waals surface area contributed by atoms with E-state index in [1.807, 2.05) is 31.2 Å². The fourth-order valence-corrected chi connectivity index (χ4v) is 1.26. The Morgan fingerprint density at radius 3 is 2.71 bits per heavy atom. The third-order valence-electron chi connectivity index (χ3n) is 2.15. The molecule has 7 heteroatoms. The van der Waals surface area contributed by atoms with Crippen LogP contribution in [0.1, 0.15) is 11.3 Å². The molecule has 1 heterocycles. The molecule has 2 rings (SSSR count). The van der Waals surface area contributed by atoms with E-state index in [2.05, 4.69) is 25.4 Å². The van der Waals surface area contributed by atoms with Gasteiger partial charge in [-0.15, -0.1) is 0 Å². The van der Waals surface area contributed by atoms with Crippen LogP contribution >= 0.6 is 0 Å². The first-order valence-electron chi connectivity index (χ1n) is 4.85. The van der Waals surface area contributed by atoms with Crippen molar-refractivity contribution in [2.45, 2.75) is 6.92 Å². The van der Waals surface area contributed by atoms with Gasteiger partial charge in [-0.2, -0.15) is 0 Å². The molecule has 0 bridgehead atoms. The molecule has 0 atom stereocenters. The zero-order chi connectivity index (χ0) is 12.3. The van der Waals surface area contributed by atoms with Gasteiger partial charge in [-0.25, -0.2) is 4.63 Å². The van der Waals surface area contributed by atoms with Gasteiger partial charge in [0.05, 0.1) is 0 Å². The van der Waals surface area contributed by atoms with E-state index in [-0.39, 0.29) is 11.5 Å². The van der Waals surface area contributed by atoms with Crippen molar-refractivity contribution >= 4 is 17.3 Å². The molecule has 0 amide bonds. The SMILES string of the molecule is Cc1ccc(Nc2nonc2/C(N)=N\O)cc1. The van der Waals surface area contributed by atoms with Gasteiger partial charge in [0.25, 0.3) is 0 Å². The second kappa shape index (κ2) is 4.52. The Hall–Kier alpha value is -2.57. The maximum Gasteiger partial charge on any atom is 0.206 e. The number of hydrogen-bond donors (Lipinski definition) is 3. The number of nitrogens with one attached hydrogen (secondary N) is 1. The molecule has 17 heavy (non-hydrogen) atoms. The van der Waals surface area contributed by atoms with E-state index in [1.165, 1.54) is 0 Å². The number of oxime groups is 1. The molecule has 0 aliphatic rings. The maximum atomic E-state index is 8.56. The fraction of sp³-hybridized carbons (Fsp3) is 0.100. The number of aryl methyl sites for hydroxylation is 1. The number of amidine groups is 1. The summed E-state index contributed by atoms with van der Waals surface area (Å²) < 4.78 is 4.53. The van der Waals surface area contributed by atoms with Crippen LogP contribution in [0.3, 0.4) is 0 Å². The molecule has 0 spiro atoms. The smallest absolute Gasteiger partial charge is 0.206 e. The molecule has 0 unspecified atom stereocenters. The molecule has 88 valence electrons. The van der Waals surface area contributed by atoms with E-state index in [4.69, 9.17) is 10.9 Å². The van der Waals surface area contributed by atoms with Gasteiger partial charge >= 0.3 is 0 Å². The Bertz CT molecular complexity index is 532. The lowest BCUT2D eigenvalue weighted by molar-refractivity contribution is 0.305. The van der Waals surface area contributed by atoms with Crippen LogP contribution in [0.4, 0.5) is 11.5 Å². The van der Waals surface area contributed by atoms with Crippen LogP contribution in [-0.4, -0.2) is 21.4 Å². The molecule has 0 aliphatic heterocycles. The average Bonchev–Trinajstić information content (AvgIpc) is 2.79. The Morgan fingerprint density at radius 1 is 1.35 bits per heavy atom. The molecular formula is C10H11N5O2. The first-order chi connectivity index (χ1) is 8.20. The third-order valence-corrected chi connectivity index (χ3v) is 2.15. The molecule has 4 N–H and O–H groups in total. The molecule has 0 fully saturated rings. The monoisotopic (exact) mass is 233 g/mol. The molecule has 2 aromatic rings. The molecule has 7 nitrogen and oxygen atoms in total. The van der Waals surface area contributed by atoms with Gasteiger partial charge in [-0.05, 0) is 29.4 Å². The first kappa shape index (κ1) is 10.9. The largest absolute Gasteiger partial charge is 0.409 e. The van der Waals surface area contributed by atoms with E-state index < -0.39 is 0 Å². The summed E-state index contributed by atoms with van der Waals surface area (Å²) in [5.74, 6) is 0.130. The molecule has 0 aliphatic carbocycles. The summed E-state index contributed by atoms with van der Waals surface area (Å²) in [7, 11) is 0. The van der Waals surface area contributed by atoms with Crippen molar-refractivity contribution in [1.29, 1.82) is 0 Å². The van der Waals surface area contributed by atoms with Crippen molar-refractivity contribution in [3.05, 3.63) is 35.5 Å². The number of benzene rings is 1. The van der Waals surface area contributed by atoms with Crippen molar-refractivity contribution in [3.8, 4) is 0 Å². The molecular weight excluding hydrogens is 222 g/mol. The predicted octanol–water partition coefficient (Wildman–Crippen LogP) is 1.22. The van der Waals surface area contributed by atoms with Gasteiger partial charge < -0.3 is 16.3 Å². The molecule has 1 aromatic carbocycles. The summed E-state index contributed by atoms with van der Waals surface area (Å²) in [6.07, 6.45) is 0. The number of aromatic nitrogens is 2. The van der Waals surface area contributed by atoms with Gasteiger partial charge in [0.2, 0.25) is 5.82 Å². The minimum atomic E-state index is -0.166. The summed E-state index contributed by atoms with van der Waals surface area (Å²) in [5, 5.41) is 21.5. The Labute approximate surface area is 96.9 Å². The topological polar surface area (TPSA) is 110 Å². The number of nitrogens with zero attached hydrogens (tertiary/aromatic N) is 3. The minimum Gasteiger partial charge on any atom is -0.409 e. The van der Waals surface area contributed by atoms with Gasteiger partial charge in [0.1, 0.15) is 0 Å². The highest BCUT2D eigenvalue weighted by molar-refractivity contribution is 5.99. The zero-order valence-corrected chi connectivity index (χ0v) is 9.08. The lowest BCUT2D eigenvalue weighted by Gasteiger charge is -2.03. The van der Waals surface area contributed by atoms with Crippen LogP contribution in [0.15, 0.2) is 34.1 Å². The van der Waals surface area contributed by atoms with E-state index in [0.717, 1.165) is 11.3 Å². The van der Waals surface area contributed by atoms with Gasteiger partial charge in [0, 0.05) is 5.69 Å². The highest BCUT2D eigenvalue weighted by atomic mass is 16.6. The Kier molecular flexibility index (Phi) is 2.91. The van der Waals surface area contributed by atoms with E-state index in [9.17, 15) is 0 Å². The normalized spacial score (nSPS) is 11.5. The standard InChI is InChI=1S/C10H11N5O2/c1-6-2-4-7(5-3-6)12-10-8(9(11)13-16)14-17-15-10/h2-5,16H,1H3,(H2,11,13)(H,12,15). The van der Waals surface area contributed by atoms with Gasteiger partial charge in [-0.3, -0.25) is 0 Å².